The van der Waals surface area contributed by atoms with Crippen LogP contribution < -0.4 is 10.1 Å². The standard InChI is InChI=1S/C26H34FN3O2/c1-29-15-3-4-22(17-29)19-30(18-21-7-11-23(27)12-8-21)26(31)28-16-20-9-13-25(14-10-20)32-24-5-2-6-24/h7-14,22,24H,2-6,15-19H2,1H3,(H,28,31). The van der Waals surface area contributed by atoms with E-state index in [1.807, 2.05) is 29.2 Å². The zero-order valence-electron chi connectivity index (χ0n) is 18.9. The van der Waals surface area contributed by atoms with Crippen LogP contribution in [0.25, 0.3) is 0 Å². The highest BCUT2D eigenvalue weighted by Gasteiger charge is 2.23. The minimum Gasteiger partial charge on any atom is -0.490 e. The number of halogens is 1. The number of hydrogen-bond acceptors (Lipinski definition) is 3. The predicted molar refractivity (Wildman–Crippen MR) is 124 cm³/mol. The molecular formula is C26H34FN3O2. The molecule has 2 fully saturated rings. The third-order valence-electron chi connectivity index (χ3n) is 6.50. The van der Waals surface area contributed by atoms with E-state index in [9.17, 15) is 9.18 Å². The molecule has 6 heteroatoms. The molecule has 2 aromatic rings. The van der Waals surface area contributed by atoms with Crippen molar-refractivity contribution in [2.24, 2.45) is 5.92 Å². The number of nitrogens with zero attached hydrogens (tertiary/aromatic N) is 2. The summed E-state index contributed by atoms with van der Waals surface area (Å²) >= 11 is 0. The second-order valence-electron chi connectivity index (χ2n) is 9.25. The SMILES string of the molecule is CN1CCCC(CN(Cc2ccc(F)cc2)C(=O)NCc2ccc(OC3CCC3)cc2)C1. The van der Waals surface area contributed by atoms with Crippen LogP contribution in [0.5, 0.6) is 5.75 Å². The van der Waals surface area contributed by atoms with Gasteiger partial charge in [0.2, 0.25) is 0 Å². The molecule has 1 N–H and O–H groups in total. The normalized spacial score (nSPS) is 19.2. The Bertz CT molecular complexity index is 868. The maximum Gasteiger partial charge on any atom is 0.317 e. The van der Waals surface area contributed by atoms with Crippen molar-refractivity contribution in [2.45, 2.75) is 51.3 Å². The molecule has 0 aromatic heterocycles. The lowest BCUT2D eigenvalue weighted by Gasteiger charge is -2.34. The Morgan fingerprint density at radius 1 is 1.06 bits per heavy atom. The zero-order chi connectivity index (χ0) is 22.3. The smallest absolute Gasteiger partial charge is 0.317 e. The number of hydrogen-bond donors (Lipinski definition) is 1. The van der Waals surface area contributed by atoms with Crippen molar-refractivity contribution in [3.05, 3.63) is 65.5 Å². The lowest BCUT2D eigenvalue weighted by atomic mass is 9.96. The van der Waals surface area contributed by atoms with Gasteiger partial charge in [-0.25, -0.2) is 9.18 Å². The van der Waals surface area contributed by atoms with Crippen LogP contribution in [0.4, 0.5) is 9.18 Å². The molecule has 1 unspecified atom stereocenters. The van der Waals surface area contributed by atoms with Crippen LogP contribution in [-0.2, 0) is 13.1 Å². The number of piperidine rings is 1. The van der Waals surface area contributed by atoms with Crippen LogP contribution in [0.15, 0.2) is 48.5 Å². The molecule has 1 aliphatic heterocycles. The number of ether oxygens (including phenoxy) is 1. The average Bonchev–Trinajstić information content (AvgIpc) is 2.76. The molecule has 2 aromatic carbocycles. The Balaban J connectivity index is 1.35. The van der Waals surface area contributed by atoms with Gasteiger partial charge in [0.15, 0.2) is 0 Å². The van der Waals surface area contributed by atoms with Gasteiger partial charge < -0.3 is 19.9 Å². The summed E-state index contributed by atoms with van der Waals surface area (Å²) in [4.78, 5) is 17.3. The number of amides is 2. The van der Waals surface area contributed by atoms with Crippen LogP contribution in [0.2, 0.25) is 0 Å². The Morgan fingerprint density at radius 3 is 2.44 bits per heavy atom. The number of nitrogens with one attached hydrogen (secondary N) is 1. The van der Waals surface area contributed by atoms with Crippen LogP contribution in [-0.4, -0.2) is 48.6 Å². The first-order valence-corrected chi connectivity index (χ1v) is 11.8. The van der Waals surface area contributed by atoms with Crippen LogP contribution in [0, 0.1) is 11.7 Å². The first-order valence-electron chi connectivity index (χ1n) is 11.8. The summed E-state index contributed by atoms with van der Waals surface area (Å²) in [6.07, 6.45) is 6.17. The van der Waals surface area contributed by atoms with Crippen molar-refractivity contribution in [2.75, 3.05) is 26.7 Å². The molecule has 1 saturated heterocycles. The summed E-state index contributed by atoms with van der Waals surface area (Å²) in [6.45, 7) is 3.74. The highest BCUT2D eigenvalue weighted by Crippen LogP contribution is 2.25. The van der Waals surface area contributed by atoms with Crippen molar-refractivity contribution in [3.8, 4) is 5.75 Å². The lowest BCUT2D eigenvalue weighted by Crippen LogP contribution is -2.45. The number of benzene rings is 2. The molecule has 1 aliphatic carbocycles. The van der Waals surface area contributed by atoms with Gasteiger partial charge in [0.25, 0.3) is 0 Å². The van der Waals surface area contributed by atoms with Gasteiger partial charge in [-0.05, 0) is 87.0 Å². The molecule has 2 amide bonds. The van der Waals surface area contributed by atoms with Crippen molar-refractivity contribution in [3.63, 3.8) is 0 Å². The number of carbonyl (C=O) groups is 1. The van der Waals surface area contributed by atoms with Gasteiger partial charge in [-0.3, -0.25) is 0 Å². The second kappa shape index (κ2) is 10.8. The molecule has 1 saturated carbocycles. The lowest BCUT2D eigenvalue weighted by molar-refractivity contribution is 0.120. The number of carbonyl (C=O) groups excluding carboxylic acids is 1. The molecule has 2 aliphatic rings. The highest BCUT2D eigenvalue weighted by molar-refractivity contribution is 5.74. The first-order chi connectivity index (χ1) is 15.5. The molecule has 4 rings (SSSR count). The summed E-state index contributed by atoms with van der Waals surface area (Å²) in [5, 5.41) is 3.07. The van der Waals surface area contributed by atoms with Crippen LogP contribution >= 0.6 is 0 Å². The largest absolute Gasteiger partial charge is 0.490 e. The third-order valence-corrected chi connectivity index (χ3v) is 6.50. The second-order valence-corrected chi connectivity index (χ2v) is 9.25. The minimum absolute atomic E-state index is 0.0858. The minimum atomic E-state index is -0.261. The van der Waals surface area contributed by atoms with Gasteiger partial charge in [0.05, 0.1) is 6.10 Å². The third kappa shape index (κ3) is 6.45. The molecule has 0 radical (unpaired) electrons. The summed E-state index contributed by atoms with van der Waals surface area (Å²) in [5.41, 5.74) is 1.97. The molecule has 172 valence electrons. The summed E-state index contributed by atoms with van der Waals surface area (Å²) in [6, 6.07) is 14.3. The maximum absolute atomic E-state index is 13.3. The summed E-state index contributed by atoms with van der Waals surface area (Å²) < 4.78 is 19.2. The predicted octanol–water partition coefficient (Wildman–Crippen LogP) is 4.81. The first kappa shape index (κ1) is 22.6. The van der Waals surface area contributed by atoms with Gasteiger partial charge in [0, 0.05) is 26.2 Å². The Hall–Kier alpha value is -2.60. The highest BCUT2D eigenvalue weighted by atomic mass is 19.1. The molecule has 0 spiro atoms. The average molecular weight is 440 g/mol. The van der Waals surface area contributed by atoms with E-state index < -0.39 is 0 Å². The van der Waals surface area contributed by atoms with Gasteiger partial charge in [0.1, 0.15) is 11.6 Å². The Labute approximate surface area is 190 Å². The number of urea groups is 1. The van der Waals surface area contributed by atoms with E-state index in [1.165, 1.54) is 18.6 Å². The Morgan fingerprint density at radius 2 is 1.78 bits per heavy atom. The zero-order valence-corrected chi connectivity index (χ0v) is 18.9. The fourth-order valence-electron chi connectivity index (χ4n) is 4.42. The molecule has 0 bridgehead atoms. The van der Waals surface area contributed by atoms with Crippen LogP contribution in [0.3, 0.4) is 0 Å². The van der Waals surface area contributed by atoms with E-state index in [0.717, 1.165) is 55.6 Å². The van der Waals surface area contributed by atoms with E-state index in [4.69, 9.17) is 4.74 Å². The van der Waals surface area contributed by atoms with E-state index in [1.54, 1.807) is 12.1 Å². The quantitative estimate of drug-likeness (QED) is 0.642. The van der Waals surface area contributed by atoms with Crippen molar-refractivity contribution < 1.29 is 13.9 Å². The fourth-order valence-corrected chi connectivity index (χ4v) is 4.42. The number of likely N-dealkylation sites (tertiary alicyclic amines) is 1. The van der Waals surface area contributed by atoms with Crippen LogP contribution in [0.1, 0.15) is 43.2 Å². The molecule has 1 heterocycles. The van der Waals surface area contributed by atoms with E-state index in [2.05, 4.69) is 17.3 Å². The summed E-state index contributed by atoms with van der Waals surface area (Å²) in [5.74, 6) is 1.08. The maximum atomic E-state index is 13.3. The monoisotopic (exact) mass is 439 g/mol. The van der Waals surface area contributed by atoms with Crippen molar-refractivity contribution in [1.29, 1.82) is 0 Å². The fraction of sp³-hybridized carbons (Fsp3) is 0.500. The molecule has 5 nitrogen and oxygen atoms in total. The van der Waals surface area contributed by atoms with E-state index in [0.29, 0.717) is 31.7 Å². The topological polar surface area (TPSA) is 44.8 Å². The van der Waals surface area contributed by atoms with E-state index >= 15 is 0 Å². The van der Waals surface area contributed by atoms with Crippen molar-refractivity contribution in [1.82, 2.24) is 15.1 Å². The summed E-state index contributed by atoms with van der Waals surface area (Å²) in [7, 11) is 2.13. The van der Waals surface area contributed by atoms with Gasteiger partial charge in [-0.15, -0.1) is 0 Å². The molecule has 1 atom stereocenters. The van der Waals surface area contributed by atoms with E-state index in [-0.39, 0.29) is 11.8 Å². The molecular weight excluding hydrogens is 405 g/mol. The van der Waals surface area contributed by atoms with Gasteiger partial charge in [-0.1, -0.05) is 24.3 Å². The van der Waals surface area contributed by atoms with Gasteiger partial charge >= 0.3 is 6.03 Å². The molecule has 32 heavy (non-hydrogen) atoms. The van der Waals surface area contributed by atoms with Crippen molar-refractivity contribution >= 4 is 6.03 Å². The van der Waals surface area contributed by atoms with Gasteiger partial charge in [-0.2, -0.15) is 0 Å². The Kier molecular flexibility index (Phi) is 7.63. The number of rotatable bonds is 8.